The number of ether oxygens (including phenoxy) is 1. The fraction of sp³-hybridized carbons (Fsp3) is 0.143. The van der Waals surface area contributed by atoms with Gasteiger partial charge in [0.2, 0.25) is 0 Å². The largest absolute Gasteiger partial charge is 0.492 e. The molecule has 0 bridgehead atoms. The molecule has 1 heterocycles. The first kappa shape index (κ1) is 11.9. The first-order chi connectivity index (χ1) is 8.88. The minimum Gasteiger partial charge on any atom is -0.492 e. The summed E-state index contributed by atoms with van der Waals surface area (Å²) in [6.45, 7) is 1.18. The number of pyridine rings is 1. The van der Waals surface area contributed by atoms with Gasteiger partial charge >= 0.3 is 0 Å². The Bertz CT molecular complexity index is 534. The van der Waals surface area contributed by atoms with E-state index in [2.05, 4.69) is 16.4 Å². The third kappa shape index (κ3) is 3.49. The Kier molecular flexibility index (Phi) is 4.15. The number of nitriles is 1. The number of benzene rings is 1. The van der Waals surface area contributed by atoms with E-state index in [1.165, 1.54) is 0 Å². The predicted octanol–water partition coefficient (Wildman–Crippen LogP) is 2.44. The molecule has 0 spiro atoms. The molecule has 2 aromatic rings. The molecule has 1 aromatic heterocycles. The molecule has 0 unspecified atom stereocenters. The van der Waals surface area contributed by atoms with E-state index in [-0.39, 0.29) is 0 Å². The van der Waals surface area contributed by atoms with Gasteiger partial charge in [0.05, 0.1) is 18.2 Å². The van der Waals surface area contributed by atoms with Gasteiger partial charge in [0.25, 0.3) is 0 Å². The number of hydrogen-bond donors (Lipinski definition) is 1. The van der Waals surface area contributed by atoms with Gasteiger partial charge in [-0.2, -0.15) is 5.26 Å². The normalized spacial score (nSPS) is 9.50. The summed E-state index contributed by atoms with van der Waals surface area (Å²) in [4.78, 5) is 4.11. The first-order valence-corrected chi connectivity index (χ1v) is 5.66. The second kappa shape index (κ2) is 6.26. The molecule has 1 N–H and O–H groups in total. The summed E-state index contributed by atoms with van der Waals surface area (Å²) in [7, 11) is 0. The van der Waals surface area contributed by atoms with Crippen molar-refractivity contribution in [3.63, 3.8) is 0 Å². The Morgan fingerprint density at radius 1 is 1.22 bits per heavy atom. The van der Waals surface area contributed by atoms with Crippen molar-refractivity contribution in [1.29, 1.82) is 5.26 Å². The Labute approximate surface area is 106 Å². The van der Waals surface area contributed by atoms with E-state index in [1.807, 2.05) is 30.3 Å². The molecule has 1 aromatic carbocycles. The Balaban J connectivity index is 1.77. The Hall–Kier alpha value is -2.54. The van der Waals surface area contributed by atoms with Crippen molar-refractivity contribution in [3.05, 3.63) is 54.2 Å². The molecular formula is C14H13N3O. The maximum atomic E-state index is 8.75. The third-order valence-electron chi connectivity index (χ3n) is 2.31. The lowest BCUT2D eigenvalue weighted by atomic mass is 10.3. The summed E-state index contributed by atoms with van der Waals surface area (Å²) in [5.41, 5.74) is 0.594. The van der Waals surface area contributed by atoms with Gasteiger partial charge in [0.1, 0.15) is 18.2 Å². The third-order valence-corrected chi connectivity index (χ3v) is 2.31. The summed E-state index contributed by atoms with van der Waals surface area (Å²) in [6, 6.07) is 15.1. The zero-order valence-electron chi connectivity index (χ0n) is 9.84. The molecule has 2 rings (SSSR count). The lowest BCUT2D eigenvalue weighted by Gasteiger charge is -2.07. The predicted molar refractivity (Wildman–Crippen MR) is 69.4 cm³/mol. The average molecular weight is 239 g/mol. The van der Waals surface area contributed by atoms with Crippen LogP contribution in [0.2, 0.25) is 0 Å². The maximum Gasteiger partial charge on any atom is 0.127 e. The highest BCUT2D eigenvalue weighted by Gasteiger charge is 1.96. The monoisotopic (exact) mass is 239 g/mol. The standard InChI is InChI=1S/C14H13N3O/c15-11-12-6-7-16-14(10-12)17-8-9-18-13-4-2-1-3-5-13/h1-7,10H,8-9H2,(H,16,17). The summed E-state index contributed by atoms with van der Waals surface area (Å²) < 4.78 is 5.53. The topological polar surface area (TPSA) is 57.9 Å². The van der Waals surface area contributed by atoms with Crippen molar-refractivity contribution in [2.45, 2.75) is 0 Å². The fourth-order valence-corrected chi connectivity index (χ4v) is 1.46. The number of hydrogen-bond acceptors (Lipinski definition) is 4. The second-order valence-corrected chi connectivity index (χ2v) is 3.63. The molecular weight excluding hydrogens is 226 g/mol. The summed E-state index contributed by atoms with van der Waals surface area (Å²) in [5.74, 6) is 1.53. The van der Waals surface area contributed by atoms with Crippen LogP contribution in [-0.2, 0) is 0 Å². The Morgan fingerprint density at radius 3 is 2.83 bits per heavy atom. The van der Waals surface area contributed by atoms with Gasteiger partial charge in [-0.15, -0.1) is 0 Å². The van der Waals surface area contributed by atoms with E-state index in [4.69, 9.17) is 10.00 Å². The van der Waals surface area contributed by atoms with Crippen molar-refractivity contribution in [3.8, 4) is 11.8 Å². The van der Waals surface area contributed by atoms with Crippen molar-refractivity contribution in [2.24, 2.45) is 0 Å². The fourth-order valence-electron chi connectivity index (χ4n) is 1.46. The summed E-state index contributed by atoms with van der Waals surface area (Å²) in [6.07, 6.45) is 1.61. The molecule has 90 valence electrons. The van der Waals surface area contributed by atoms with Crippen molar-refractivity contribution >= 4 is 5.82 Å². The van der Waals surface area contributed by atoms with Crippen LogP contribution in [0, 0.1) is 11.3 Å². The number of aromatic nitrogens is 1. The highest BCUT2D eigenvalue weighted by molar-refractivity contribution is 5.42. The minimum absolute atomic E-state index is 0.544. The van der Waals surface area contributed by atoms with E-state index in [1.54, 1.807) is 18.3 Å². The van der Waals surface area contributed by atoms with Crippen LogP contribution in [0.5, 0.6) is 5.75 Å². The van der Waals surface area contributed by atoms with E-state index in [0.29, 0.717) is 24.5 Å². The number of nitrogens with zero attached hydrogens (tertiary/aromatic N) is 2. The van der Waals surface area contributed by atoms with Crippen LogP contribution in [0.15, 0.2) is 48.7 Å². The molecule has 0 saturated carbocycles. The number of anilines is 1. The van der Waals surface area contributed by atoms with E-state index >= 15 is 0 Å². The zero-order chi connectivity index (χ0) is 12.6. The van der Waals surface area contributed by atoms with Gasteiger partial charge in [-0.1, -0.05) is 18.2 Å². The number of rotatable bonds is 5. The molecule has 0 aliphatic rings. The van der Waals surface area contributed by atoms with Crippen LogP contribution in [0.3, 0.4) is 0 Å². The highest BCUT2D eigenvalue weighted by atomic mass is 16.5. The molecule has 0 amide bonds. The van der Waals surface area contributed by atoms with Crippen molar-refractivity contribution in [1.82, 2.24) is 4.98 Å². The van der Waals surface area contributed by atoms with Crippen LogP contribution in [-0.4, -0.2) is 18.1 Å². The molecule has 0 saturated heterocycles. The van der Waals surface area contributed by atoms with Gasteiger partial charge in [-0.3, -0.25) is 0 Å². The zero-order valence-corrected chi connectivity index (χ0v) is 9.84. The lowest BCUT2D eigenvalue weighted by molar-refractivity contribution is 0.333. The SMILES string of the molecule is N#Cc1ccnc(NCCOc2ccccc2)c1. The Morgan fingerprint density at radius 2 is 2.06 bits per heavy atom. The van der Waals surface area contributed by atoms with Gasteiger partial charge in [-0.05, 0) is 24.3 Å². The number of nitrogens with one attached hydrogen (secondary N) is 1. The molecule has 0 aliphatic carbocycles. The second-order valence-electron chi connectivity index (χ2n) is 3.63. The molecule has 0 atom stereocenters. The molecule has 18 heavy (non-hydrogen) atoms. The highest BCUT2D eigenvalue weighted by Crippen LogP contribution is 2.08. The molecule has 0 aliphatic heterocycles. The van der Waals surface area contributed by atoms with Crippen LogP contribution < -0.4 is 10.1 Å². The van der Waals surface area contributed by atoms with Crippen LogP contribution >= 0.6 is 0 Å². The first-order valence-electron chi connectivity index (χ1n) is 5.66. The minimum atomic E-state index is 0.544. The van der Waals surface area contributed by atoms with Crippen LogP contribution in [0.25, 0.3) is 0 Å². The molecule has 4 nitrogen and oxygen atoms in total. The quantitative estimate of drug-likeness (QED) is 0.814. The van der Waals surface area contributed by atoms with Gasteiger partial charge in [0.15, 0.2) is 0 Å². The van der Waals surface area contributed by atoms with Gasteiger partial charge in [0, 0.05) is 6.20 Å². The molecule has 0 fully saturated rings. The molecule has 0 radical (unpaired) electrons. The summed E-state index contributed by atoms with van der Waals surface area (Å²) in [5, 5.41) is 11.9. The van der Waals surface area contributed by atoms with Crippen LogP contribution in [0.1, 0.15) is 5.56 Å². The van der Waals surface area contributed by atoms with E-state index < -0.39 is 0 Å². The smallest absolute Gasteiger partial charge is 0.127 e. The van der Waals surface area contributed by atoms with Crippen molar-refractivity contribution < 1.29 is 4.74 Å². The van der Waals surface area contributed by atoms with E-state index in [0.717, 1.165) is 5.75 Å². The van der Waals surface area contributed by atoms with E-state index in [9.17, 15) is 0 Å². The van der Waals surface area contributed by atoms with Crippen molar-refractivity contribution in [2.75, 3.05) is 18.5 Å². The average Bonchev–Trinajstić information content (AvgIpc) is 2.45. The summed E-state index contributed by atoms with van der Waals surface area (Å²) >= 11 is 0. The molecule has 4 heteroatoms. The van der Waals surface area contributed by atoms with Gasteiger partial charge < -0.3 is 10.1 Å². The van der Waals surface area contributed by atoms with Crippen LogP contribution in [0.4, 0.5) is 5.82 Å². The maximum absolute atomic E-state index is 8.75. The number of para-hydroxylation sites is 1. The lowest BCUT2D eigenvalue weighted by Crippen LogP contribution is -2.12. The van der Waals surface area contributed by atoms with Gasteiger partial charge in [-0.25, -0.2) is 4.98 Å².